The van der Waals surface area contributed by atoms with E-state index >= 15 is 0 Å². The highest BCUT2D eigenvalue weighted by atomic mass is 35.5. The molecule has 0 saturated heterocycles. The number of carboxylic acid groups (broad SMARTS) is 1. The Hall–Kier alpha value is -1.40. The Bertz CT molecular complexity index is 453. The molecule has 0 unspecified atom stereocenters. The fraction of sp³-hybridized carbons (Fsp3) is 0.333. The maximum atomic E-state index is 11.9. The molecule has 1 aromatic rings. The van der Waals surface area contributed by atoms with E-state index in [1.165, 1.54) is 6.07 Å². The van der Waals surface area contributed by atoms with E-state index in [-0.39, 0.29) is 22.4 Å². The Morgan fingerprint density at radius 2 is 2.06 bits per heavy atom. The van der Waals surface area contributed by atoms with Crippen LogP contribution in [-0.4, -0.2) is 45.2 Å². The number of aromatic nitrogens is 2. The van der Waals surface area contributed by atoms with Crippen LogP contribution in [0, 0.1) is 0 Å². The SMILES string of the molecule is CCN(CC(=O)O)C(=O)c1cc(Cl)nnc1Cl. The van der Waals surface area contributed by atoms with Crippen LogP contribution in [-0.2, 0) is 4.79 Å². The van der Waals surface area contributed by atoms with E-state index in [9.17, 15) is 9.59 Å². The lowest BCUT2D eigenvalue weighted by Crippen LogP contribution is -2.35. The van der Waals surface area contributed by atoms with E-state index in [1.54, 1.807) is 6.92 Å². The van der Waals surface area contributed by atoms with Gasteiger partial charge >= 0.3 is 5.97 Å². The van der Waals surface area contributed by atoms with E-state index in [4.69, 9.17) is 28.3 Å². The molecule has 0 fully saturated rings. The summed E-state index contributed by atoms with van der Waals surface area (Å²) < 4.78 is 0. The number of carbonyl (C=O) groups excluding carboxylic acids is 1. The highest BCUT2D eigenvalue weighted by molar-refractivity contribution is 6.34. The van der Waals surface area contributed by atoms with Gasteiger partial charge in [0.05, 0.1) is 5.56 Å². The molecule has 1 heterocycles. The van der Waals surface area contributed by atoms with Gasteiger partial charge in [0.15, 0.2) is 10.3 Å². The Kier molecular flexibility index (Phi) is 4.65. The molecule has 1 N–H and O–H groups in total. The number of hydrogen-bond acceptors (Lipinski definition) is 4. The first-order valence-corrected chi connectivity index (χ1v) is 5.41. The Labute approximate surface area is 107 Å². The quantitative estimate of drug-likeness (QED) is 0.898. The predicted molar refractivity (Wildman–Crippen MR) is 61.3 cm³/mol. The van der Waals surface area contributed by atoms with Gasteiger partial charge in [0.2, 0.25) is 0 Å². The van der Waals surface area contributed by atoms with Crippen molar-refractivity contribution in [2.45, 2.75) is 6.92 Å². The molecule has 0 spiro atoms. The number of likely N-dealkylation sites (N-methyl/N-ethyl adjacent to an activating group) is 1. The van der Waals surface area contributed by atoms with Crippen LogP contribution in [0.4, 0.5) is 0 Å². The van der Waals surface area contributed by atoms with Gasteiger partial charge in [-0.2, -0.15) is 0 Å². The molecule has 0 saturated carbocycles. The molecule has 17 heavy (non-hydrogen) atoms. The van der Waals surface area contributed by atoms with E-state index < -0.39 is 18.4 Å². The number of hydrogen-bond donors (Lipinski definition) is 1. The van der Waals surface area contributed by atoms with E-state index in [1.807, 2.05) is 0 Å². The summed E-state index contributed by atoms with van der Waals surface area (Å²) in [7, 11) is 0. The topological polar surface area (TPSA) is 83.4 Å². The van der Waals surface area contributed by atoms with Crippen LogP contribution in [0.3, 0.4) is 0 Å². The van der Waals surface area contributed by atoms with Crippen LogP contribution in [0.15, 0.2) is 6.07 Å². The molecule has 1 rings (SSSR count). The van der Waals surface area contributed by atoms with Gasteiger partial charge < -0.3 is 10.0 Å². The van der Waals surface area contributed by atoms with Crippen molar-refractivity contribution in [3.63, 3.8) is 0 Å². The molecule has 0 aromatic carbocycles. The molecule has 0 bridgehead atoms. The molecule has 8 heteroatoms. The van der Waals surface area contributed by atoms with Gasteiger partial charge in [0.1, 0.15) is 6.54 Å². The summed E-state index contributed by atoms with van der Waals surface area (Å²) in [5, 5.41) is 15.5. The van der Waals surface area contributed by atoms with Crippen molar-refractivity contribution in [2.75, 3.05) is 13.1 Å². The first-order valence-electron chi connectivity index (χ1n) is 4.65. The molecule has 0 aliphatic heterocycles. The maximum Gasteiger partial charge on any atom is 0.323 e. The minimum absolute atomic E-state index is 0.0177. The second-order valence-corrected chi connectivity index (χ2v) is 3.83. The Balaban J connectivity index is 3.01. The number of halogens is 2. The van der Waals surface area contributed by atoms with Gasteiger partial charge in [-0.05, 0) is 13.0 Å². The molecule has 0 aliphatic carbocycles. The zero-order valence-electron chi connectivity index (χ0n) is 8.85. The third kappa shape index (κ3) is 3.54. The minimum Gasteiger partial charge on any atom is -0.480 e. The normalized spacial score (nSPS) is 10.1. The summed E-state index contributed by atoms with van der Waals surface area (Å²) in [4.78, 5) is 23.6. The zero-order chi connectivity index (χ0) is 13.0. The summed E-state index contributed by atoms with van der Waals surface area (Å²) in [5.41, 5.74) is 0.0368. The first kappa shape index (κ1) is 13.7. The summed E-state index contributed by atoms with van der Waals surface area (Å²) in [5.74, 6) is -1.65. The average Bonchev–Trinajstić information content (AvgIpc) is 2.28. The highest BCUT2D eigenvalue weighted by Crippen LogP contribution is 2.17. The van der Waals surface area contributed by atoms with Gasteiger partial charge in [-0.25, -0.2) is 0 Å². The lowest BCUT2D eigenvalue weighted by atomic mass is 10.2. The molecular formula is C9H9Cl2N3O3. The molecule has 92 valence electrons. The van der Waals surface area contributed by atoms with Crippen LogP contribution in [0.25, 0.3) is 0 Å². The van der Waals surface area contributed by atoms with Crippen molar-refractivity contribution in [2.24, 2.45) is 0 Å². The predicted octanol–water partition coefficient (Wildman–Crippen LogP) is 1.33. The second-order valence-electron chi connectivity index (χ2n) is 3.08. The first-order chi connectivity index (χ1) is 7.95. The third-order valence-electron chi connectivity index (χ3n) is 1.94. The summed E-state index contributed by atoms with van der Waals surface area (Å²) >= 11 is 11.3. The summed E-state index contributed by atoms with van der Waals surface area (Å²) in [6, 6.07) is 1.25. The van der Waals surface area contributed by atoms with E-state index in [0.29, 0.717) is 0 Å². The number of carbonyl (C=O) groups is 2. The lowest BCUT2D eigenvalue weighted by molar-refractivity contribution is -0.137. The van der Waals surface area contributed by atoms with E-state index in [0.717, 1.165) is 4.90 Å². The Morgan fingerprint density at radius 3 is 2.59 bits per heavy atom. The van der Waals surface area contributed by atoms with Gasteiger partial charge in [-0.1, -0.05) is 23.2 Å². The fourth-order valence-electron chi connectivity index (χ4n) is 1.16. The molecule has 0 aliphatic rings. The number of nitrogens with zero attached hydrogens (tertiary/aromatic N) is 3. The van der Waals surface area contributed by atoms with Crippen molar-refractivity contribution in [1.29, 1.82) is 0 Å². The van der Waals surface area contributed by atoms with Crippen LogP contribution in [0.1, 0.15) is 17.3 Å². The molecule has 0 atom stereocenters. The standard InChI is InChI=1S/C9H9Cl2N3O3/c1-2-14(4-7(15)16)9(17)5-3-6(10)12-13-8(5)11/h3H,2,4H2,1H3,(H,15,16). The smallest absolute Gasteiger partial charge is 0.323 e. The van der Waals surface area contributed by atoms with Gasteiger partial charge in [-0.3, -0.25) is 9.59 Å². The number of aliphatic carboxylic acids is 1. The van der Waals surface area contributed by atoms with Crippen molar-refractivity contribution in [3.8, 4) is 0 Å². The highest BCUT2D eigenvalue weighted by Gasteiger charge is 2.20. The van der Waals surface area contributed by atoms with Gasteiger partial charge in [-0.15, -0.1) is 10.2 Å². The summed E-state index contributed by atoms with van der Waals surface area (Å²) in [6.07, 6.45) is 0. The molecule has 6 nitrogen and oxygen atoms in total. The summed E-state index contributed by atoms with van der Waals surface area (Å²) in [6.45, 7) is 1.48. The maximum absolute atomic E-state index is 11.9. The zero-order valence-corrected chi connectivity index (χ0v) is 10.4. The minimum atomic E-state index is -1.11. The van der Waals surface area contributed by atoms with Crippen molar-refractivity contribution >= 4 is 35.1 Å². The van der Waals surface area contributed by atoms with Crippen LogP contribution in [0.2, 0.25) is 10.3 Å². The van der Waals surface area contributed by atoms with Crippen LogP contribution < -0.4 is 0 Å². The largest absolute Gasteiger partial charge is 0.480 e. The van der Waals surface area contributed by atoms with E-state index in [2.05, 4.69) is 10.2 Å². The van der Waals surface area contributed by atoms with Gasteiger partial charge in [0.25, 0.3) is 5.91 Å². The van der Waals surface area contributed by atoms with Crippen molar-refractivity contribution in [3.05, 3.63) is 21.9 Å². The fourth-order valence-corrected chi connectivity index (χ4v) is 1.48. The number of rotatable bonds is 4. The molecule has 0 radical (unpaired) electrons. The van der Waals surface area contributed by atoms with Crippen LogP contribution >= 0.6 is 23.2 Å². The monoisotopic (exact) mass is 277 g/mol. The van der Waals surface area contributed by atoms with Crippen LogP contribution in [0.5, 0.6) is 0 Å². The number of carboxylic acids is 1. The Morgan fingerprint density at radius 1 is 1.41 bits per heavy atom. The van der Waals surface area contributed by atoms with Gasteiger partial charge in [0, 0.05) is 6.54 Å². The number of amides is 1. The van der Waals surface area contributed by atoms with Crippen molar-refractivity contribution < 1.29 is 14.7 Å². The lowest BCUT2D eigenvalue weighted by Gasteiger charge is -2.18. The molecule has 1 aromatic heterocycles. The molecule has 1 amide bonds. The third-order valence-corrected chi connectivity index (χ3v) is 2.41. The van der Waals surface area contributed by atoms with Crippen molar-refractivity contribution in [1.82, 2.24) is 15.1 Å². The molecular weight excluding hydrogens is 269 g/mol. The second kappa shape index (κ2) is 5.79. The average molecular weight is 278 g/mol.